The molecule has 16 nitrogen and oxygen atoms in total. The van der Waals surface area contributed by atoms with Crippen LogP contribution in [0.1, 0.15) is 38.8 Å². The molecule has 55 heavy (non-hydrogen) atoms. The minimum absolute atomic E-state index is 0. The van der Waals surface area contributed by atoms with E-state index in [1.54, 1.807) is 0 Å². The maximum Gasteiger partial charge on any atom is 1.00 e. The molecule has 1 aromatic carbocycles. The summed E-state index contributed by atoms with van der Waals surface area (Å²) in [6.07, 6.45) is 15.2. The Hall–Kier alpha value is -5.29. The second-order valence-corrected chi connectivity index (χ2v) is 13.0. The number of nitrogens with one attached hydrogen (secondary N) is 2. The molecule has 1 aromatic rings. The average Bonchev–Trinajstić information content (AvgIpc) is 3.42. The van der Waals surface area contributed by atoms with Crippen LogP contribution in [-0.4, -0.2) is 89.2 Å². The van der Waals surface area contributed by atoms with Crippen molar-refractivity contribution in [3.05, 3.63) is 121 Å². The first-order valence-corrected chi connectivity index (χ1v) is 17.3. The second kappa shape index (κ2) is 18.4. The number of allylic oxidation sites excluding steroid dienone is 4. The number of benzene rings is 1. The summed E-state index contributed by atoms with van der Waals surface area (Å²) >= 11 is 0. The second-order valence-electron chi connectivity index (χ2n) is 13.0. The number of nitrogens with two attached hydrogens (primary N) is 2. The summed E-state index contributed by atoms with van der Waals surface area (Å²) in [5, 5.41) is 61.1. The van der Waals surface area contributed by atoms with Crippen LogP contribution in [0.5, 0.6) is 0 Å². The Bertz CT molecular complexity index is 1950. The van der Waals surface area contributed by atoms with Crippen LogP contribution in [0.4, 0.5) is 17.1 Å². The first-order valence-electron chi connectivity index (χ1n) is 17.3. The molecule has 298 valence electrons. The molecule has 6 aliphatic rings. The maximum atomic E-state index is 11.6. The molecule has 2 amide bonds. The molecule has 6 unspecified atom stereocenters. The molecule has 0 aromatic heterocycles. The van der Waals surface area contributed by atoms with Crippen LogP contribution >= 0.6 is 0 Å². The zero-order valence-electron chi connectivity index (χ0n) is 30.5. The SMILES string of the molecule is CC1=CC=C2C(=C3[N-]C(C)C=CC3=CC2NC(=O)CN)[N-]1.CC1C=Cc2cc(NC(=O)CN)c3c(c2[N-]1)[N-]C(C)C=C3.O=C1OC(C(O)C[O-])C(O)=C1O.[Cu+]. The molecule has 0 bridgehead atoms. The number of carbonyl (C=O) groups is 3. The van der Waals surface area contributed by atoms with Gasteiger partial charge in [-0.3, -0.25) is 9.59 Å². The van der Waals surface area contributed by atoms with Crippen molar-refractivity contribution in [2.24, 2.45) is 11.5 Å². The first kappa shape index (κ1) is 42.5. The molecule has 5 heterocycles. The summed E-state index contributed by atoms with van der Waals surface area (Å²) in [4.78, 5) is 33.8. The van der Waals surface area contributed by atoms with Crippen molar-refractivity contribution in [3.63, 3.8) is 0 Å². The smallest absolute Gasteiger partial charge is 0.853 e. The molecule has 17 heteroatoms. The van der Waals surface area contributed by atoms with Crippen LogP contribution in [0, 0.1) is 0 Å². The summed E-state index contributed by atoms with van der Waals surface area (Å²) in [6.45, 7) is 7.07. The van der Waals surface area contributed by atoms with Gasteiger partial charge in [0.2, 0.25) is 17.6 Å². The van der Waals surface area contributed by atoms with E-state index in [0.29, 0.717) is 0 Å². The summed E-state index contributed by atoms with van der Waals surface area (Å²) in [7, 11) is 0. The zero-order chi connectivity index (χ0) is 39.3. The molecule has 6 atom stereocenters. The van der Waals surface area contributed by atoms with Crippen molar-refractivity contribution in [2.75, 3.05) is 25.0 Å². The fourth-order valence-corrected chi connectivity index (χ4v) is 5.95. The molecule has 0 fully saturated rings. The Balaban J connectivity index is 0.000000189. The summed E-state index contributed by atoms with van der Waals surface area (Å²) in [5.74, 6) is -3.27. The van der Waals surface area contributed by atoms with Crippen LogP contribution in [0.15, 0.2) is 88.4 Å². The summed E-state index contributed by atoms with van der Waals surface area (Å²) in [6, 6.07) is 2.11. The van der Waals surface area contributed by atoms with E-state index in [1.807, 2.05) is 88.4 Å². The minimum atomic E-state index is -1.53. The number of rotatable bonds is 6. The van der Waals surface area contributed by atoms with Crippen LogP contribution in [-0.2, 0) is 36.2 Å². The molecule has 0 saturated carbocycles. The standard InChI is InChI=1S/2C16H18N4O.C6H7O6.Cu/c2*1-9-3-5-11-7-13(20-14(21)8-17)12-6-4-10(2)19-16(12)15(11)18-9;7-1-2(8)5-3(9)4(10)6(11)12-5;/h3-7,9,13H,8,17H2,1-2H3,(H,20,21);3-7,9-10H,8,17H2,1-2H3,(H,20,21);2,5,8-10H,1H2;/q2*-2;-1;+1. The van der Waals surface area contributed by atoms with Crippen LogP contribution in [0.3, 0.4) is 0 Å². The largest absolute Gasteiger partial charge is 1.00 e. The number of nitrogens with zero attached hydrogens (tertiary/aromatic N) is 4. The Morgan fingerprint density at radius 2 is 1.56 bits per heavy atom. The number of hydrogen-bond donors (Lipinski definition) is 7. The van der Waals surface area contributed by atoms with E-state index < -0.39 is 36.3 Å². The van der Waals surface area contributed by atoms with Gasteiger partial charge in [-0.05, 0) is 28.3 Å². The number of aliphatic hydroxyl groups is 3. The first-order chi connectivity index (χ1) is 25.7. The number of cyclic esters (lactones) is 1. The van der Waals surface area contributed by atoms with Gasteiger partial charge in [0.05, 0.1) is 25.2 Å². The molecule has 1 aliphatic carbocycles. The van der Waals surface area contributed by atoms with E-state index >= 15 is 0 Å². The molecule has 0 saturated heterocycles. The molecule has 0 radical (unpaired) electrons. The Morgan fingerprint density at radius 1 is 0.927 bits per heavy atom. The van der Waals surface area contributed by atoms with Gasteiger partial charge in [-0.15, -0.1) is 47.5 Å². The topological polar surface area (TPSA) is 277 Å². The molecular formula is C38H43CuN8O8-4. The Labute approximate surface area is 329 Å². The van der Waals surface area contributed by atoms with E-state index in [2.05, 4.69) is 31.3 Å². The predicted molar refractivity (Wildman–Crippen MR) is 203 cm³/mol. The predicted octanol–water partition coefficient (Wildman–Crippen LogP) is 3.51. The number of anilines is 1. The number of esters is 1. The maximum absolute atomic E-state index is 11.6. The third-order valence-electron chi connectivity index (χ3n) is 8.66. The van der Waals surface area contributed by atoms with Crippen molar-refractivity contribution >= 4 is 47.0 Å². The van der Waals surface area contributed by atoms with Gasteiger partial charge in [0, 0.05) is 5.69 Å². The summed E-state index contributed by atoms with van der Waals surface area (Å²) < 4.78 is 4.28. The number of fused-ring (bicyclic) bond motifs is 5. The third kappa shape index (κ3) is 9.69. The molecule has 9 N–H and O–H groups in total. The van der Waals surface area contributed by atoms with Gasteiger partial charge in [0.1, 0.15) is 0 Å². The van der Waals surface area contributed by atoms with Crippen molar-refractivity contribution in [3.8, 4) is 0 Å². The van der Waals surface area contributed by atoms with Gasteiger partial charge < -0.3 is 68.5 Å². The summed E-state index contributed by atoms with van der Waals surface area (Å²) in [5.41, 5.74) is 19.8. The fourth-order valence-electron chi connectivity index (χ4n) is 5.95. The van der Waals surface area contributed by atoms with Crippen molar-refractivity contribution in [2.45, 2.75) is 64.1 Å². The van der Waals surface area contributed by atoms with Crippen LogP contribution < -0.4 is 27.2 Å². The van der Waals surface area contributed by atoms with E-state index in [9.17, 15) is 19.5 Å². The fraction of sp³-hybridized carbons (Fsp3) is 0.342. The number of aliphatic hydroxyl groups excluding tert-OH is 3. The van der Waals surface area contributed by atoms with Gasteiger partial charge in [0.25, 0.3) is 0 Å². The molecule has 0 spiro atoms. The quantitative estimate of drug-likeness (QED) is 0.162. The van der Waals surface area contributed by atoms with Gasteiger partial charge in [-0.25, -0.2) is 4.79 Å². The van der Waals surface area contributed by atoms with Crippen LogP contribution in [0.25, 0.3) is 33.4 Å². The van der Waals surface area contributed by atoms with E-state index in [-0.39, 0.29) is 66.1 Å². The zero-order valence-corrected chi connectivity index (χ0v) is 31.4. The minimum Gasteiger partial charge on any atom is -0.853 e. The van der Waals surface area contributed by atoms with Gasteiger partial charge in [-0.1, -0.05) is 82.4 Å². The number of amides is 2. The third-order valence-corrected chi connectivity index (χ3v) is 8.66. The van der Waals surface area contributed by atoms with E-state index in [0.717, 1.165) is 56.4 Å². The Morgan fingerprint density at radius 3 is 2.20 bits per heavy atom. The Kier molecular flexibility index (Phi) is 14.2. The van der Waals surface area contributed by atoms with Gasteiger partial charge in [-0.2, -0.15) is 5.70 Å². The average molecular weight is 803 g/mol. The number of carbonyl (C=O) groups excluding carboxylic acids is 3. The van der Waals surface area contributed by atoms with Crippen LogP contribution in [0.2, 0.25) is 0 Å². The van der Waals surface area contributed by atoms with Gasteiger partial charge >= 0.3 is 23.0 Å². The normalized spacial score (nSPS) is 24.1. The van der Waals surface area contributed by atoms with Crippen molar-refractivity contribution in [1.29, 1.82) is 0 Å². The molecular weight excluding hydrogens is 760 g/mol. The van der Waals surface area contributed by atoms with Crippen molar-refractivity contribution in [1.82, 2.24) is 5.32 Å². The molecule has 7 rings (SSSR count). The van der Waals surface area contributed by atoms with Gasteiger partial charge in [0.15, 0.2) is 11.9 Å². The van der Waals surface area contributed by atoms with Crippen molar-refractivity contribution < 1.29 is 56.6 Å². The number of hydrogen-bond acceptors (Lipinski definition) is 10. The van der Waals surface area contributed by atoms with E-state index in [1.165, 1.54) is 0 Å². The molecule has 5 aliphatic heterocycles. The monoisotopic (exact) mass is 802 g/mol. The van der Waals surface area contributed by atoms with E-state index in [4.69, 9.17) is 32.1 Å². The number of ether oxygens (including phenoxy) is 1.